The molecule has 0 nitrogen and oxygen atoms in total. The monoisotopic (exact) mass is 490 g/mol. The molecule has 3 atom stereocenters. The minimum Gasteiger partial charge on any atom is -0.102 e. The molecule has 0 saturated carbocycles. The fraction of sp³-hybridized carbons (Fsp3) is 0.154. The van der Waals surface area contributed by atoms with Gasteiger partial charge in [-0.3, -0.25) is 0 Å². The van der Waals surface area contributed by atoms with Gasteiger partial charge in [0.1, 0.15) is 0 Å². The third kappa shape index (κ3) is 2.22. The van der Waals surface area contributed by atoms with Crippen molar-refractivity contribution in [3.05, 3.63) is 117 Å². The van der Waals surface area contributed by atoms with Crippen molar-refractivity contribution in [2.45, 2.75) is 18.3 Å². The smallest absolute Gasteiger partial charge is 0.0538 e. The molecule has 0 heterocycles. The molecule has 3 aromatic carbocycles. The summed E-state index contributed by atoms with van der Waals surface area (Å²) in [6, 6.07) is 22.4. The Morgan fingerprint density at radius 3 is 2.29 bits per heavy atom. The van der Waals surface area contributed by atoms with Gasteiger partial charge in [0.15, 0.2) is 0 Å². The van der Waals surface area contributed by atoms with Gasteiger partial charge >= 0.3 is 0 Å². The highest BCUT2D eigenvalue weighted by atomic mass is 79.9. The molecule has 138 valence electrons. The molecule has 5 rings (SSSR count). The summed E-state index contributed by atoms with van der Waals surface area (Å²) in [4.78, 5) is 0. The van der Waals surface area contributed by atoms with E-state index in [4.69, 9.17) is 0 Å². The van der Waals surface area contributed by atoms with Crippen LogP contribution in [0.25, 0.3) is 11.1 Å². The quantitative estimate of drug-likeness (QED) is 0.318. The lowest BCUT2D eigenvalue weighted by molar-refractivity contribution is 0.468. The molecule has 3 unspecified atom stereocenters. The molecule has 0 aromatic heterocycles. The summed E-state index contributed by atoms with van der Waals surface area (Å²) in [5.41, 5.74) is 8.02. The van der Waals surface area contributed by atoms with Gasteiger partial charge in [-0.15, -0.1) is 6.58 Å². The maximum atomic E-state index is 4.23. The van der Waals surface area contributed by atoms with Gasteiger partial charge in [-0.25, -0.2) is 0 Å². The van der Waals surface area contributed by atoms with Crippen LogP contribution in [-0.2, 0) is 5.41 Å². The molecule has 1 spiro atoms. The Morgan fingerprint density at radius 1 is 0.857 bits per heavy atom. The van der Waals surface area contributed by atoms with E-state index in [-0.39, 0.29) is 17.3 Å². The van der Waals surface area contributed by atoms with Crippen molar-refractivity contribution < 1.29 is 0 Å². The molecule has 2 heteroatoms. The lowest BCUT2D eigenvalue weighted by atomic mass is 9.66. The molecule has 0 fully saturated rings. The Bertz CT molecular complexity index is 1140. The van der Waals surface area contributed by atoms with Crippen LogP contribution >= 0.6 is 31.9 Å². The van der Waals surface area contributed by atoms with E-state index in [0.29, 0.717) is 0 Å². The van der Waals surface area contributed by atoms with Crippen LogP contribution in [0.15, 0.2) is 94.4 Å². The third-order valence-electron chi connectivity index (χ3n) is 6.39. The summed E-state index contributed by atoms with van der Waals surface area (Å²) >= 11 is 7.48. The number of allylic oxidation sites excluding steroid dienone is 3. The van der Waals surface area contributed by atoms with Crippen LogP contribution < -0.4 is 0 Å². The molecule has 0 bridgehead atoms. The van der Waals surface area contributed by atoms with Gasteiger partial charge in [-0.1, -0.05) is 86.5 Å². The normalized spacial score (nSPS) is 24.4. The Morgan fingerprint density at radius 2 is 1.54 bits per heavy atom. The van der Waals surface area contributed by atoms with Gasteiger partial charge in [0, 0.05) is 20.8 Å². The number of rotatable bonds is 2. The first-order valence-electron chi connectivity index (χ1n) is 9.58. The first kappa shape index (κ1) is 18.1. The van der Waals surface area contributed by atoms with Crippen LogP contribution in [0.4, 0.5) is 0 Å². The van der Waals surface area contributed by atoms with Gasteiger partial charge in [0.25, 0.3) is 0 Å². The minimum absolute atomic E-state index is 0.208. The summed E-state index contributed by atoms with van der Waals surface area (Å²) < 4.78 is 2.24. The lowest BCUT2D eigenvalue weighted by Crippen LogP contribution is -2.32. The average Bonchev–Trinajstić information content (AvgIpc) is 3.14. The van der Waals surface area contributed by atoms with E-state index in [0.717, 1.165) is 8.95 Å². The standard InChI is InChI=1S/C26H20Br2/c1-3-7-22-18(4-2)20-12-10-16(27)14-24(20)26(22)23-9-6-5-8-19(23)21-13-11-17(28)15-25(21)26/h3-15,18,22H,2H2,1H3/b7-3-. The van der Waals surface area contributed by atoms with E-state index in [1.54, 1.807) is 0 Å². The van der Waals surface area contributed by atoms with E-state index < -0.39 is 0 Å². The molecule has 2 aliphatic rings. The maximum absolute atomic E-state index is 4.23. The van der Waals surface area contributed by atoms with E-state index in [2.05, 4.69) is 124 Å². The molecule has 0 amide bonds. The minimum atomic E-state index is -0.208. The first-order valence-corrected chi connectivity index (χ1v) is 11.2. The molecule has 0 saturated heterocycles. The topological polar surface area (TPSA) is 0 Å². The lowest BCUT2D eigenvalue weighted by Gasteiger charge is -2.35. The van der Waals surface area contributed by atoms with E-state index in [9.17, 15) is 0 Å². The third-order valence-corrected chi connectivity index (χ3v) is 7.37. The summed E-state index contributed by atoms with van der Waals surface area (Å²) in [5.74, 6) is 0.563. The highest BCUT2D eigenvalue weighted by Gasteiger charge is 2.56. The zero-order valence-corrected chi connectivity index (χ0v) is 18.8. The second kappa shape index (κ2) is 6.57. The van der Waals surface area contributed by atoms with Crippen molar-refractivity contribution >= 4 is 31.9 Å². The van der Waals surface area contributed by atoms with Gasteiger partial charge in [0.05, 0.1) is 5.41 Å². The van der Waals surface area contributed by atoms with Crippen molar-refractivity contribution in [2.75, 3.05) is 0 Å². The molecular weight excluding hydrogens is 472 g/mol. The Kier molecular flexibility index (Phi) is 4.26. The highest BCUT2D eigenvalue weighted by Crippen LogP contribution is 2.65. The number of hydrogen-bond donors (Lipinski definition) is 0. The summed E-state index contributed by atoms with van der Waals surface area (Å²) in [6.07, 6.45) is 6.71. The molecule has 28 heavy (non-hydrogen) atoms. The SMILES string of the molecule is C=CC1c2ccc(Br)cc2C2(c3ccccc3-c3ccc(Br)cc32)C1/C=C\C. The van der Waals surface area contributed by atoms with Gasteiger partial charge < -0.3 is 0 Å². The largest absolute Gasteiger partial charge is 0.102 e. The Balaban J connectivity index is 1.99. The average molecular weight is 492 g/mol. The van der Waals surface area contributed by atoms with Crippen LogP contribution in [0.3, 0.4) is 0 Å². The van der Waals surface area contributed by atoms with Crippen molar-refractivity contribution in [1.29, 1.82) is 0 Å². The van der Waals surface area contributed by atoms with Crippen LogP contribution in [0.1, 0.15) is 35.1 Å². The van der Waals surface area contributed by atoms with Crippen molar-refractivity contribution in [2.24, 2.45) is 5.92 Å². The number of halogens is 2. The predicted molar refractivity (Wildman–Crippen MR) is 125 cm³/mol. The van der Waals surface area contributed by atoms with E-state index in [1.807, 2.05) is 0 Å². The number of fused-ring (bicyclic) bond motifs is 7. The van der Waals surface area contributed by atoms with E-state index in [1.165, 1.54) is 33.4 Å². The van der Waals surface area contributed by atoms with Crippen molar-refractivity contribution in [3.63, 3.8) is 0 Å². The van der Waals surface area contributed by atoms with Crippen LogP contribution in [-0.4, -0.2) is 0 Å². The molecule has 0 aliphatic heterocycles. The molecule has 3 aromatic rings. The van der Waals surface area contributed by atoms with E-state index >= 15 is 0 Å². The molecule has 0 radical (unpaired) electrons. The van der Waals surface area contributed by atoms with Crippen LogP contribution in [0.2, 0.25) is 0 Å². The predicted octanol–water partition coefficient (Wildman–Crippen LogP) is 8.00. The van der Waals surface area contributed by atoms with Crippen molar-refractivity contribution in [1.82, 2.24) is 0 Å². The van der Waals surface area contributed by atoms with Gasteiger partial charge in [-0.2, -0.15) is 0 Å². The number of benzene rings is 3. The van der Waals surface area contributed by atoms with Gasteiger partial charge in [-0.05, 0) is 64.6 Å². The number of hydrogen-bond acceptors (Lipinski definition) is 0. The highest BCUT2D eigenvalue weighted by molar-refractivity contribution is 9.10. The fourth-order valence-electron chi connectivity index (χ4n) is 5.48. The Hall–Kier alpha value is -1.90. The van der Waals surface area contributed by atoms with Crippen molar-refractivity contribution in [3.8, 4) is 11.1 Å². The summed E-state index contributed by atoms with van der Waals surface area (Å²) in [6.45, 7) is 6.35. The molecule has 2 aliphatic carbocycles. The van der Waals surface area contributed by atoms with Crippen LogP contribution in [0.5, 0.6) is 0 Å². The zero-order valence-electron chi connectivity index (χ0n) is 15.6. The summed E-state index contributed by atoms with van der Waals surface area (Å²) in [5, 5.41) is 0. The molecule has 0 N–H and O–H groups in total. The second-order valence-electron chi connectivity index (χ2n) is 7.59. The maximum Gasteiger partial charge on any atom is 0.0538 e. The van der Waals surface area contributed by atoms with Crippen LogP contribution in [0, 0.1) is 5.92 Å². The Labute approximate surface area is 183 Å². The zero-order chi connectivity index (χ0) is 19.5. The summed E-state index contributed by atoms with van der Waals surface area (Å²) in [7, 11) is 0. The fourth-order valence-corrected chi connectivity index (χ4v) is 6.20. The molecular formula is C26H20Br2. The second-order valence-corrected chi connectivity index (χ2v) is 9.42. The van der Waals surface area contributed by atoms with Gasteiger partial charge in [0.2, 0.25) is 0 Å². The first-order chi connectivity index (χ1) is 13.6.